The Labute approximate surface area is 281 Å². The van der Waals surface area contributed by atoms with Gasteiger partial charge in [0.15, 0.2) is 6.61 Å². The van der Waals surface area contributed by atoms with Gasteiger partial charge in [-0.25, -0.2) is 9.78 Å². The van der Waals surface area contributed by atoms with Crippen LogP contribution < -0.4 is 4.90 Å². The summed E-state index contributed by atoms with van der Waals surface area (Å²) in [5.74, 6) is -2.14. The van der Waals surface area contributed by atoms with E-state index in [1.54, 1.807) is 36.4 Å². The predicted molar refractivity (Wildman–Crippen MR) is 177 cm³/mol. The number of carbonyl (C=O) groups excluding carboxylic acids is 4. The van der Waals surface area contributed by atoms with Gasteiger partial charge >= 0.3 is 5.97 Å². The number of pyridine rings is 1. The van der Waals surface area contributed by atoms with E-state index in [1.807, 2.05) is 13.0 Å². The number of ether oxygens (including phenoxy) is 1. The average molecular weight is 715 g/mol. The second-order valence-corrected chi connectivity index (χ2v) is 13.2. The highest BCUT2D eigenvalue weighted by Gasteiger charge is 2.59. The van der Waals surface area contributed by atoms with E-state index in [9.17, 15) is 29.3 Å². The van der Waals surface area contributed by atoms with E-state index < -0.39 is 29.0 Å². The van der Waals surface area contributed by atoms with E-state index in [4.69, 9.17) is 21.3 Å². The number of nitro benzene ring substituents is 1. The van der Waals surface area contributed by atoms with Crippen LogP contribution in [0, 0.1) is 33.8 Å². The van der Waals surface area contributed by atoms with E-state index in [2.05, 4.69) is 28.1 Å². The van der Waals surface area contributed by atoms with Gasteiger partial charge in [0.25, 0.3) is 5.69 Å². The highest BCUT2D eigenvalue weighted by molar-refractivity contribution is 9.10. The topological polar surface area (TPSA) is 137 Å². The number of fused-ring (bicyclic) bond motifs is 6. The number of rotatable bonds is 8. The zero-order valence-electron chi connectivity index (χ0n) is 24.8. The molecule has 2 bridgehead atoms. The lowest BCUT2D eigenvalue weighted by molar-refractivity contribution is -0.384. The molecule has 4 atom stereocenters. The molecule has 236 valence electrons. The number of Topliss-reactive ketones (excluding diaryl/α,β-unsaturated/α-hetero) is 1. The van der Waals surface area contributed by atoms with Crippen molar-refractivity contribution in [3.05, 3.63) is 109 Å². The Balaban J connectivity index is 1.19. The van der Waals surface area contributed by atoms with E-state index >= 15 is 0 Å². The van der Waals surface area contributed by atoms with Crippen LogP contribution in [0.25, 0.3) is 22.2 Å². The van der Waals surface area contributed by atoms with E-state index in [1.165, 1.54) is 17.0 Å². The van der Waals surface area contributed by atoms with Gasteiger partial charge in [-0.2, -0.15) is 0 Å². The molecule has 0 spiro atoms. The van der Waals surface area contributed by atoms with Crippen LogP contribution in [0.1, 0.15) is 39.6 Å². The van der Waals surface area contributed by atoms with Crippen LogP contribution in [0.2, 0.25) is 5.02 Å². The van der Waals surface area contributed by atoms with Crippen molar-refractivity contribution in [3.63, 3.8) is 0 Å². The molecule has 2 heterocycles. The first-order valence-corrected chi connectivity index (χ1v) is 16.2. The zero-order chi connectivity index (χ0) is 33.1. The monoisotopic (exact) mass is 713 g/mol. The fourth-order valence-corrected chi connectivity index (χ4v) is 7.69. The van der Waals surface area contributed by atoms with Gasteiger partial charge in [0.2, 0.25) is 17.6 Å². The van der Waals surface area contributed by atoms with Gasteiger partial charge in [-0.3, -0.25) is 29.4 Å². The fourth-order valence-electron chi connectivity index (χ4n) is 7.00. The van der Waals surface area contributed by atoms with Gasteiger partial charge in [0.1, 0.15) is 5.02 Å². The van der Waals surface area contributed by atoms with Crippen LogP contribution in [-0.2, 0) is 20.7 Å². The molecule has 0 N–H and O–H groups in total. The van der Waals surface area contributed by atoms with Crippen molar-refractivity contribution in [2.45, 2.75) is 19.8 Å². The maximum atomic E-state index is 13.5. The number of imide groups is 1. The molecule has 3 aromatic carbocycles. The number of ketones is 1. The van der Waals surface area contributed by atoms with Crippen molar-refractivity contribution in [2.24, 2.45) is 23.7 Å². The number of benzene rings is 3. The number of aromatic nitrogens is 1. The molecule has 4 unspecified atom stereocenters. The van der Waals surface area contributed by atoms with Crippen LogP contribution in [0.4, 0.5) is 11.4 Å². The lowest BCUT2D eigenvalue weighted by atomic mass is 9.85. The van der Waals surface area contributed by atoms with Gasteiger partial charge in [-0.05, 0) is 72.7 Å². The largest absolute Gasteiger partial charge is 0.454 e. The maximum Gasteiger partial charge on any atom is 0.339 e. The zero-order valence-corrected chi connectivity index (χ0v) is 27.2. The third kappa shape index (κ3) is 5.23. The lowest BCUT2D eigenvalue weighted by Crippen LogP contribution is -2.32. The standard InChI is InChI=1S/C35H25BrClN3O7/c1-2-17-12-22(36)14-24-25(35(44)47-16-29(41)19-7-10-26(37)28(13-19)40(45)46)15-27(38-32(17)24)18-5-8-23(9-6-18)39-33(42)30-20-3-4-21(11-20)31(30)34(39)43/h3-10,12-15,20-21,30-31H,2,11,16H2,1H3. The lowest BCUT2D eigenvalue weighted by Gasteiger charge is -2.18. The second kappa shape index (κ2) is 11.8. The van der Waals surface area contributed by atoms with Crippen LogP contribution in [-0.4, -0.2) is 40.1 Å². The Kier molecular flexibility index (Phi) is 7.76. The summed E-state index contributed by atoms with van der Waals surface area (Å²) in [6.45, 7) is 1.31. The molecule has 2 aliphatic carbocycles. The van der Waals surface area contributed by atoms with Gasteiger partial charge in [0, 0.05) is 27.1 Å². The highest BCUT2D eigenvalue weighted by Crippen LogP contribution is 2.53. The van der Waals surface area contributed by atoms with E-state index in [0.717, 1.165) is 22.5 Å². The molecule has 4 aromatic rings. The number of carbonyl (C=O) groups is 4. The van der Waals surface area contributed by atoms with E-state index in [-0.39, 0.29) is 51.6 Å². The SMILES string of the molecule is CCc1cc(Br)cc2c(C(=O)OCC(=O)c3ccc(Cl)c([N+](=O)[O-])c3)cc(-c3ccc(N4C(=O)C5C6C=CC(C6)C5C4=O)cc3)nc12. The minimum atomic E-state index is -0.782. The third-order valence-electron chi connectivity index (χ3n) is 9.25. The van der Waals surface area contributed by atoms with Crippen molar-refractivity contribution in [3.8, 4) is 11.3 Å². The Morgan fingerprint density at radius 2 is 1.70 bits per heavy atom. The molecule has 1 aliphatic heterocycles. The predicted octanol–water partition coefficient (Wildman–Crippen LogP) is 7.14. The Morgan fingerprint density at radius 1 is 1.02 bits per heavy atom. The van der Waals surface area contributed by atoms with Crippen molar-refractivity contribution in [1.82, 2.24) is 4.98 Å². The summed E-state index contributed by atoms with van der Waals surface area (Å²) in [5, 5.41) is 11.7. The third-order valence-corrected chi connectivity index (χ3v) is 10.0. The van der Waals surface area contributed by atoms with E-state index in [0.29, 0.717) is 34.3 Å². The van der Waals surface area contributed by atoms with Gasteiger partial charge in [-0.1, -0.05) is 58.7 Å². The summed E-state index contributed by atoms with van der Waals surface area (Å²) in [5.41, 5.74) is 2.73. The number of hydrogen-bond donors (Lipinski definition) is 0. The molecule has 1 saturated carbocycles. The molecular formula is C35H25BrClN3O7. The summed E-state index contributed by atoms with van der Waals surface area (Å²) < 4.78 is 6.16. The number of anilines is 1. The molecule has 2 amide bonds. The summed E-state index contributed by atoms with van der Waals surface area (Å²) in [6, 6.07) is 15.8. The summed E-state index contributed by atoms with van der Waals surface area (Å²) in [7, 11) is 0. The first kappa shape index (κ1) is 30.9. The van der Waals surface area contributed by atoms with Crippen molar-refractivity contribution in [1.29, 1.82) is 0 Å². The smallest absolute Gasteiger partial charge is 0.339 e. The number of aryl methyl sites for hydroxylation is 1. The van der Waals surface area contributed by atoms with Crippen molar-refractivity contribution in [2.75, 3.05) is 11.5 Å². The quantitative estimate of drug-likeness (QED) is 0.0469. The number of nitro groups is 1. The molecule has 12 heteroatoms. The molecule has 3 aliphatic rings. The number of esters is 1. The Morgan fingerprint density at radius 3 is 2.34 bits per heavy atom. The number of allylic oxidation sites excluding steroid dienone is 2. The van der Waals surface area contributed by atoms with Crippen molar-refractivity contribution >= 4 is 73.4 Å². The molecule has 2 fully saturated rings. The molecule has 0 radical (unpaired) electrons. The fraction of sp³-hybridized carbons (Fsp3) is 0.229. The van der Waals surface area contributed by atoms with Crippen LogP contribution in [0.15, 0.2) is 77.3 Å². The number of nitrogens with zero attached hydrogens (tertiary/aromatic N) is 3. The summed E-state index contributed by atoms with van der Waals surface area (Å²) >= 11 is 9.37. The summed E-state index contributed by atoms with van der Waals surface area (Å²) in [4.78, 5) is 69.7. The molecule has 7 rings (SSSR count). The number of halogens is 2. The van der Waals surface area contributed by atoms with Crippen LogP contribution >= 0.6 is 27.5 Å². The van der Waals surface area contributed by atoms with Crippen molar-refractivity contribution < 1.29 is 28.8 Å². The minimum absolute atomic E-state index is 0.0206. The Bertz CT molecular complexity index is 2050. The first-order valence-electron chi connectivity index (χ1n) is 15.0. The first-order chi connectivity index (χ1) is 22.5. The highest BCUT2D eigenvalue weighted by atomic mass is 79.9. The van der Waals surface area contributed by atoms with Gasteiger partial charge in [-0.15, -0.1) is 0 Å². The van der Waals surface area contributed by atoms with Gasteiger partial charge in [0.05, 0.1) is 39.2 Å². The Hall–Kier alpha value is -4.74. The maximum absolute atomic E-state index is 13.5. The van der Waals surface area contributed by atoms with Gasteiger partial charge < -0.3 is 4.74 Å². The molecular weight excluding hydrogens is 690 g/mol. The minimum Gasteiger partial charge on any atom is -0.454 e. The van der Waals surface area contributed by atoms with Crippen LogP contribution in [0.5, 0.6) is 0 Å². The molecule has 1 saturated heterocycles. The normalized spacial score (nSPS) is 21.0. The summed E-state index contributed by atoms with van der Waals surface area (Å²) in [6.07, 6.45) is 5.58. The number of amides is 2. The number of hydrogen-bond acceptors (Lipinski definition) is 8. The average Bonchev–Trinajstić information content (AvgIpc) is 3.76. The molecule has 1 aromatic heterocycles. The van der Waals surface area contributed by atoms with Crippen LogP contribution in [0.3, 0.4) is 0 Å². The second-order valence-electron chi connectivity index (χ2n) is 11.9. The molecule has 10 nitrogen and oxygen atoms in total. The molecule has 47 heavy (non-hydrogen) atoms.